The van der Waals surface area contributed by atoms with Gasteiger partial charge in [-0.05, 0) is 64.7 Å². The minimum absolute atomic E-state index is 0.619. The van der Waals surface area contributed by atoms with E-state index in [1.807, 2.05) is 24.3 Å². The molecule has 0 saturated carbocycles. The number of hydrogen-bond acceptors (Lipinski definition) is 1. The molecule has 3 heteroatoms. The van der Waals surface area contributed by atoms with Gasteiger partial charge in [0.2, 0.25) is 0 Å². The maximum atomic E-state index is 13.9. The van der Waals surface area contributed by atoms with E-state index in [1.165, 1.54) is 27.4 Å². The summed E-state index contributed by atoms with van der Waals surface area (Å²) in [5.41, 5.74) is 7.35. The molecule has 0 saturated heterocycles. The molecule has 0 spiro atoms. The van der Waals surface area contributed by atoms with Gasteiger partial charge in [-0.3, -0.25) is 0 Å². The lowest BCUT2D eigenvalue weighted by atomic mass is 9.64. The average Bonchev–Trinajstić information content (AvgIpc) is 3.36. The Balaban J connectivity index is 1.53. The molecular formula is C37H25NOS. The molecule has 0 bridgehead atoms. The maximum absolute atomic E-state index is 13.9. The second-order valence-corrected chi connectivity index (χ2v) is 11.7. The fourth-order valence-electron chi connectivity index (χ4n) is 6.68. The van der Waals surface area contributed by atoms with E-state index in [0.29, 0.717) is 0 Å². The van der Waals surface area contributed by atoms with Gasteiger partial charge in [-0.2, -0.15) is 0 Å². The van der Waals surface area contributed by atoms with E-state index >= 15 is 0 Å². The Morgan fingerprint density at radius 1 is 0.475 bits per heavy atom. The molecule has 6 aromatic carbocycles. The van der Waals surface area contributed by atoms with Crippen molar-refractivity contribution in [3.05, 3.63) is 174 Å². The molecular weight excluding hydrogens is 506 g/mol. The van der Waals surface area contributed by atoms with Crippen LogP contribution in [0.4, 0.5) is 0 Å². The van der Waals surface area contributed by atoms with Crippen LogP contribution in [-0.2, 0) is 16.2 Å². The minimum atomic E-state index is -1.26. The van der Waals surface area contributed by atoms with Gasteiger partial charge in [0.05, 0.1) is 27.2 Å². The molecule has 8 rings (SSSR count). The second-order valence-electron chi connectivity index (χ2n) is 10.3. The molecule has 0 fully saturated rings. The highest BCUT2D eigenvalue weighted by Gasteiger charge is 2.46. The monoisotopic (exact) mass is 531 g/mol. The Morgan fingerprint density at radius 3 is 1.73 bits per heavy atom. The van der Waals surface area contributed by atoms with Crippen molar-refractivity contribution in [3.8, 4) is 5.69 Å². The van der Waals surface area contributed by atoms with E-state index in [0.717, 1.165) is 32.2 Å². The molecule has 0 radical (unpaired) electrons. The first-order valence-corrected chi connectivity index (χ1v) is 14.7. The fourth-order valence-corrected chi connectivity index (χ4v) is 8.16. The van der Waals surface area contributed by atoms with Gasteiger partial charge in [0.25, 0.3) is 0 Å². The fraction of sp³-hybridized carbons (Fsp3) is 0.0270. The molecule has 0 amide bonds. The van der Waals surface area contributed by atoms with Crippen LogP contribution in [0.2, 0.25) is 0 Å². The van der Waals surface area contributed by atoms with Crippen LogP contribution in [0.3, 0.4) is 0 Å². The molecule has 1 aromatic heterocycles. The van der Waals surface area contributed by atoms with Crippen molar-refractivity contribution in [2.24, 2.45) is 0 Å². The topological polar surface area (TPSA) is 22.0 Å². The van der Waals surface area contributed by atoms with Crippen LogP contribution in [0.15, 0.2) is 161 Å². The number of nitrogens with zero attached hydrogens (tertiary/aromatic N) is 1. The molecule has 1 aliphatic heterocycles. The molecule has 2 nitrogen and oxygen atoms in total. The summed E-state index contributed by atoms with van der Waals surface area (Å²) in [4.78, 5) is 1.74. The van der Waals surface area contributed by atoms with Gasteiger partial charge in [0, 0.05) is 26.3 Å². The van der Waals surface area contributed by atoms with E-state index < -0.39 is 16.2 Å². The predicted molar refractivity (Wildman–Crippen MR) is 164 cm³/mol. The van der Waals surface area contributed by atoms with Crippen molar-refractivity contribution >= 4 is 32.6 Å². The van der Waals surface area contributed by atoms with Gasteiger partial charge < -0.3 is 4.57 Å². The third kappa shape index (κ3) is 3.13. The Hall–Kier alpha value is -4.73. The Bertz CT molecular complexity index is 2030. The molecule has 0 aliphatic carbocycles. The van der Waals surface area contributed by atoms with Gasteiger partial charge in [-0.1, -0.05) is 109 Å². The molecule has 7 aromatic rings. The van der Waals surface area contributed by atoms with E-state index in [4.69, 9.17) is 0 Å². The number of benzene rings is 6. The quantitative estimate of drug-likeness (QED) is 0.224. The van der Waals surface area contributed by atoms with Crippen LogP contribution >= 0.6 is 0 Å². The molecule has 40 heavy (non-hydrogen) atoms. The van der Waals surface area contributed by atoms with E-state index in [1.54, 1.807) is 0 Å². The summed E-state index contributed by atoms with van der Waals surface area (Å²) >= 11 is 0. The Morgan fingerprint density at radius 2 is 1.02 bits per heavy atom. The number of aromatic nitrogens is 1. The van der Waals surface area contributed by atoms with Crippen LogP contribution in [0.5, 0.6) is 0 Å². The summed E-state index contributed by atoms with van der Waals surface area (Å²) in [5.74, 6) is 0. The van der Waals surface area contributed by atoms with E-state index in [-0.39, 0.29) is 0 Å². The van der Waals surface area contributed by atoms with Crippen LogP contribution in [0, 0.1) is 0 Å². The molecule has 0 N–H and O–H groups in total. The molecule has 190 valence electrons. The molecule has 1 aliphatic rings. The highest BCUT2D eigenvalue weighted by Crippen LogP contribution is 2.53. The molecule has 0 atom stereocenters. The third-order valence-electron chi connectivity index (χ3n) is 8.31. The third-order valence-corrected chi connectivity index (χ3v) is 9.82. The molecule has 2 heterocycles. The van der Waals surface area contributed by atoms with Crippen LogP contribution < -0.4 is 0 Å². The van der Waals surface area contributed by atoms with Crippen molar-refractivity contribution in [2.45, 2.75) is 15.2 Å². The van der Waals surface area contributed by atoms with E-state index in [2.05, 4.69) is 132 Å². The lowest BCUT2D eigenvalue weighted by Gasteiger charge is -2.41. The number of fused-ring (bicyclic) bond motifs is 5. The highest BCUT2D eigenvalue weighted by molar-refractivity contribution is 7.85. The van der Waals surface area contributed by atoms with Crippen LogP contribution in [-0.4, -0.2) is 8.78 Å². The van der Waals surface area contributed by atoms with Crippen molar-refractivity contribution in [3.63, 3.8) is 0 Å². The summed E-state index contributed by atoms with van der Waals surface area (Å²) in [6, 6.07) is 53.3. The lowest BCUT2D eigenvalue weighted by molar-refractivity contribution is 0.654. The van der Waals surface area contributed by atoms with Gasteiger partial charge in [-0.25, -0.2) is 4.21 Å². The predicted octanol–water partition coefficient (Wildman–Crippen LogP) is 8.65. The molecule has 0 unspecified atom stereocenters. The van der Waals surface area contributed by atoms with Crippen molar-refractivity contribution in [2.75, 3.05) is 0 Å². The van der Waals surface area contributed by atoms with Gasteiger partial charge in [0.15, 0.2) is 0 Å². The standard InChI is InChI=1S/C37H25NOS/c39-40-35-21-11-8-18-31(35)37(26-13-3-1-4-14-26,32-19-9-12-22-36(32)40)27-23-24-34-30(25-27)29-17-7-10-20-33(29)38(34)28-15-5-2-6-16-28/h1-25H. The van der Waals surface area contributed by atoms with Gasteiger partial charge in [-0.15, -0.1) is 0 Å². The maximum Gasteiger partial charge on any atom is 0.0856 e. The minimum Gasteiger partial charge on any atom is -0.309 e. The van der Waals surface area contributed by atoms with Crippen molar-refractivity contribution < 1.29 is 4.21 Å². The zero-order valence-electron chi connectivity index (χ0n) is 21.7. The van der Waals surface area contributed by atoms with Crippen molar-refractivity contribution in [1.29, 1.82) is 0 Å². The highest BCUT2D eigenvalue weighted by atomic mass is 32.2. The number of para-hydroxylation sites is 2. The first kappa shape index (κ1) is 23.2. The van der Waals surface area contributed by atoms with Crippen molar-refractivity contribution in [1.82, 2.24) is 4.57 Å². The first-order chi connectivity index (χ1) is 19.8. The van der Waals surface area contributed by atoms with Gasteiger partial charge in [0.1, 0.15) is 0 Å². The summed E-state index contributed by atoms with van der Waals surface area (Å²) in [5, 5.41) is 2.42. The van der Waals surface area contributed by atoms with Crippen LogP contribution in [0.25, 0.3) is 27.5 Å². The summed E-state index contributed by atoms with van der Waals surface area (Å²) in [6.45, 7) is 0. The Labute approximate surface area is 235 Å². The summed E-state index contributed by atoms with van der Waals surface area (Å²) in [6.07, 6.45) is 0. The summed E-state index contributed by atoms with van der Waals surface area (Å²) < 4.78 is 16.3. The van der Waals surface area contributed by atoms with E-state index in [9.17, 15) is 4.21 Å². The lowest BCUT2D eigenvalue weighted by Crippen LogP contribution is -2.36. The number of rotatable bonds is 3. The summed E-state index contributed by atoms with van der Waals surface area (Å²) in [7, 11) is -1.26. The van der Waals surface area contributed by atoms with Crippen LogP contribution in [0.1, 0.15) is 22.3 Å². The zero-order valence-corrected chi connectivity index (χ0v) is 22.5. The normalized spacial score (nSPS) is 17.9. The smallest absolute Gasteiger partial charge is 0.0856 e. The largest absolute Gasteiger partial charge is 0.309 e. The number of hydrogen-bond donors (Lipinski definition) is 0. The van der Waals surface area contributed by atoms with Gasteiger partial charge >= 0.3 is 0 Å². The zero-order chi connectivity index (χ0) is 26.7. The second kappa shape index (κ2) is 8.90. The SMILES string of the molecule is O=S1c2ccccc2C(c2ccccc2)(c2ccc3c(c2)c2ccccc2n3-c2ccccc2)c2ccccc21. The Kier molecular flexibility index (Phi) is 5.16. The average molecular weight is 532 g/mol. The first-order valence-electron chi connectivity index (χ1n) is 13.5.